The standard InChI is InChI=1S/C19H28F2N2O/c1-2-3-12-23-13-5-4-7-15(23)14-22-19(24)11-10-16-17(20)8-6-9-18(16)21/h6,8-9,15H,2-5,7,10-14H2,1H3,(H,22,24). The zero-order chi connectivity index (χ0) is 17.4. The van der Waals surface area contributed by atoms with Crippen molar-refractivity contribution < 1.29 is 13.6 Å². The number of nitrogens with one attached hydrogen (secondary N) is 1. The Morgan fingerprint density at radius 1 is 1.29 bits per heavy atom. The fourth-order valence-electron chi connectivity index (χ4n) is 3.28. The van der Waals surface area contributed by atoms with Crippen LogP contribution in [0.2, 0.25) is 0 Å². The van der Waals surface area contributed by atoms with E-state index in [1.54, 1.807) is 0 Å². The van der Waals surface area contributed by atoms with Crippen LogP contribution in [-0.4, -0.2) is 36.5 Å². The van der Waals surface area contributed by atoms with Gasteiger partial charge in [0.1, 0.15) is 11.6 Å². The molecule has 1 aliphatic rings. The molecule has 1 saturated heterocycles. The molecule has 0 saturated carbocycles. The van der Waals surface area contributed by atoms with Crippen molar-refractivity contribution in [1.82, 2.24) is 10.2 Å². The first-order chi connectivity index (χ1) is 11.6. The van der Waals surface area contributed by atoms with E-state index in [0.29, 0.717) is 12.6 Å². The summed E-state index contributed by atoms with van der Waals surface area (Å²) in [6.07, 6.45) is 6.07. The van der Waals surface area contributed by atoms with Crippen LogP contribution in [0, 0.1) is 11.6 Å². The highest BCUT2D eigenvalue weighted by atomic mass is 19.1. The van der Waals surface area contributed by atoms with Gasteiger partial charge in [-0.3, -0.25) is 9.69 Å². The van der Waals surface area contributed by atoms with Crippen LogP contribution in [-0.2, 0) is 11.2 Å². The summed E-state index contributed by atoms with van der Waals surface area (Å²) in [6.45, 7) is 4.99. The molecule has 1 unspecified atom stereocenters. The van der Waals surface area contributed by atoms with E-state index in [2.05, 4.69) is 17.1 Å². The van der Waals surface area contributed by atoms with Gasteiger partial charge in [-0.25, -0.2) is 8.78 Å². The van der Waals surface area contributed by atoms with Crippen molar-refractivity contribution in [3.8, 4) is 0 Å². The van der Waals surface area contributed by atoms with E-state index in [1.807, 2.05) is 0 Å². The van der Waals surface area contributed by atoms with Gasteiger partial charge in [-0.2, -0.15) is 0 Å². The molecule has 24 heavy (non-hydrogen) atoms. The Balaban J connectivity index is 1.77. The summed E-state index contributed by atoms with van der Waals surface area (Å²) >= 11 is 0. The predicted octanol–water partition coefficient (Wildman–Crippen LogP) is 3.67. The van der Waals surface area contributed by atoms with Gasteiger partial charge in [0.15, 0.2) is 0 Å². The van der Waals surface area contributed by atoms with E-state index in [4.69, 9.17) is 0 Å². The normalized spacial score (nSPS) is 18.5. The summed E-state index contributed by atoms with van der Waals surface area (Å²) in [5, 5.41) is 2.94. The average molecular weight is 338 g/mol. The minimum atomic E-state index is -0.583. The first-order valence-electron chi connectivity index (χ1n) is 9.05. The van der Waals surface area contributed by atoms with Crippen molar-refractivity contribution >= 4 is 5.91 Å². The lowest BCUT2D eigenvalue weighted by Gasteiger charge is -2.35. The second kappa shape index (κ2) is 9.72. The molecular formula is C19H28F2N2O. The fraction of sp³-hybridized carbons (Fsp3) is 0.632. The number of likely N-dealkylation sites (tertiary alicyclic amines) is 1. The molecule has 1 amide bonds. The minimum Gasteiger partial charge on any atom is -0.355 e. The highest BCUT2D eigenvalue weighted by Crippen LogP contribution is 2.17. The lowest BCUT2D eigenvalue weighted by atomic mass is 10.0. The smallest absolute Gasteiger partial charge is 0.220 e. The Morgan fingerprint density at radius 2 is 2.04 bits per heavy atom. The second-order valence-corrected chi connectivity index (χ2v) is 6.54. The van der Waals surface area contributed by atoms with Crippen LogP contribution < -0.4 is 5.32 Å². The monoisotopic (exact) mass is 338 g/mol. The van der Waals surface area contributed by atoms with Gasteiger partial charge in [0.2, 0.25) is 5.91 Å². The summed E-state index contributed by atoms with van der Waals surface area (Å²) in [4.78, 5) is 14.5. The van der Waals surface area contributed by atoms with E-state index < -0.39 is 11.6 Å². The van der Waals surface area contributed by atoms with Crippen LogP contribution in [0.4, 0.5) is 8.78 Å². The maximum absolute atomic E-state index is 13.6. The molecule has 1 aromatic rings. The molecule has 2 rings (SSSR count). The van der Waals surface area contributed by atoms with Gasteiger partial charge >= 0.3 is 0 Å². The molecule has 0 bridgehead atoms. The molecule has 1 atom stereocenters. The number of carbonyl (C=O) groups excluding carboxylic acids is 1. The molecule has 134 valence electrons. The summed E-state index contributed by atoms with van der Waals surface area (Å²) < 4.78 is 27.1. The van der Waals surface area contributed by atoms with Crippen LogP contribution >= 0.6 is 0 Å². The molecule has 0 aliphatic carbocycles. The van der Waals surface area contributed by atoms with Crippen molar-refractivity contribution in [2.45, 2.75) is 57.9 Å². The van der Waals surface area contributed by atoms with Gasteiger partial charge in [-0.05, 0) is 50.9 Å². The van der Waals surface area contributed by atoms with Crippen LogP contribution in [0.3, 0.4) is 0 Å². The first-order valence-corrected chi connectivity index (χ1v) is 9.05. The molecule has 1 fully saturated rings. The SMILES string of the molecule is CCCCN1CCCCC1CNC(=O)CCc1c(F)cccc1F. The third-order valence-electron chi connectivity index (χ3n) is 4.75. The number of rotatable bonds is 8. The maximum Gasteiger partial charge on any atom is 0.220 e. The zero-order valence-corrected chi connectivity index (χ0v) is 14.5. The topological polar surface area (TPSA) is 32.3 Å². The van der Waals surface area contributed by atoms with E-state index in [0.717, 1.165) is 19.5 Å². The number of amides is 1. The second-order valence-electron chi connectivity index (χ2n) is 6.54. The third kappa shape index (κ3) is 5.55. The first kappa shape index (κ1) is 18.8. The van der Waals surface area contributed by atoms with E-state index in [9.17, 15) is 13.6 Å². The van der Waals surface area contributed by atoms with Crippen LogP contribution in [0.15, 0.2) is 18.2 Å². The summed E-state index contributed by atoms with van der Waals surface area (Å²) in [5.41, 5.74) is -0.00473. The van der Waals surface area contributed by atoms with Gasteiger partial charge in [-0.15, -0.1) is 0 Å². The summed E-state index contributed by atoms with van der Waals surface area (Å²) in [7, 11) is 0. The fourth-order valence-corrected chi connectivity index (χ4v) is 3.28. The number of hydrogen-bond donors (Lipinski definition) is 1. The molecule has 5 heteroatoms. The Bertz CT molecular complexity index is 516. The molecular weight excluding hydrogens is 310 g/mol. The van der Waals surface area contributed by atoms with Gasteiger partial charge < -0.3 is 5.32 Å². The number of carbonyl (C=O) groups is 1. The van der Waals surface area contributed by atoms with Crippen molar-refractivity contribution in [3.63, 3.8) is 0 Å². The number of halogens is 2. The molecule has 1 aromatic carbocycles. The molecule has 1 aliphatic heterocycles. The number of hydrogen-bond acceptors (Lipinski definition) is 2. The highest BCUT2D eigenvalue weighted by molar-refractivity contribution is 5.76. The summed E-state index contributed by atoms with van der Waals surface area (Å²) in [6, 6.07) is 4.18. The Morgan fingerprint density at radius 3 is 2.75 bits per heavy atom. The lowest BCUT2D eigenvalue weighted by molar-refractivity contribution is -0.121. The molecule has 1 heterocycles. The molecule has 0 spiro atoms. The highest BCUT2D eigenvalue weighted by Gasteiger charge is 2.22. The predicted molar refractivity (Wildman–Crippen MR) is 91.8 cm³/mol. The van der Waals surface area contributed by atoms with Gasteiger partial charge in [0.05, 0.1) is 0 Å². The third-order valence-corrected chi connectivity index (χ3v) is 4.75. The van der Waals surface area contributed by atoms with Gasteiger partial charge in [0, 0.05) is 24.6 Å². The van der Waals surface area contributed by atoms with Crippen LogP contribution in [0.25, 0.3) is 0 Å². The van der Waals surface area contributed by atoms with Crippen molar-refractivity contribution in [3.05, 3.63) is 35.4 Å². The molecule has 0 aromatic heterocycles. The van der Waals surface area contributed by atoms with Crippen molar-refractivity contribution in [2.75, 3.05) is 19.6 Å². The van der Waals surface area contributed by atoms with Crippen LogP contribution in [0.1, 0.15) is 51.0 Å². The largest absolute Gasteiger partial charge is 0.355 e. The van der Waals surface area contributed by atoms with Crippen molar-refractivity contribution in [1.29, 1.82) is 0 Å². The maximum atomic E-state index is 13.6. The average Bonchev–Trinajstić information content (AvgIpc) is 2.58. The van der Waals surface area contributed by atoms with Gasteiger partial charge in [-0.1, -0.05) is 25.8 Å². The molecule has 1 N–H and O–H groups in total. The summed E-state index contributed by atoms with van der Waals surface area (Å²) in [5.74, 6) is -1.31. The minimum absolute atomic E-state index is 0.00473. The quantitative estimate of drug-likeness (QED) is 0.784. The zero-order valence-electron chi connectivity index (χ0n) is 14.5. The van der Waals surface area contributed by atoms with Crippen molar-refractivity contribution in [2.24, 2.45) is 0 Å². The van der Waals surface area contributed by atoms with Crippen LogP contribution in [0.5, 0.6) is 0 Å². The Hall–Kier alpha value is -1.49. The Labute approximate surface area is 143 Å². The lowest BCUT2D eigenvalue weighted by Crippen LogP contribution is -2.47. The van der Waals surface area contributed by atoms with Gasteiger partial charge in [0.25, 0.3) is 0 Å². The number of piperidine rings is 1. The molecule has 0 radical (unpaired) electrons. The number of unbranched alkanes of at least 4 members (excludes halogenated alkanes) is 1. The number of benzene rings is 1. The number of nitrogens with zero attached hydrogens (tertiary/aromatic N) is 1. The van der Waals surface area contributed by atoms with E-state index in [1.165, 1.54) is 43.9 Å². The van der Waals surface area contributed by atoms with E-state index >= 15 is 0 Å². The molecule has 3 nitrogen and oxygen atoms in total. The Kier molecular flexibility index (Phi) is 7.63. The van der Waals surface area contributed by atoms with E-state index in [-0.39, 0.29) is 24.3 Å².